The van der Waals surface area contributed by atoms with Crippen LogP contribution in [0.15, 0.2) is 54.6 Å². The molecule has 3 nitrogen and oxygen atoms in total. The summed E-state index contributed by atoms with van der Waals surface area (Å²) in [7, 11) is 0. The van der Waals surface area contributed by atoms with Gasteiger partial charge in [0.05, 0.1) is 0 Å². The van der Waals surface area contributed by atoms with Crippen molar-refractivity contribution in [2.75, 3.05) is 11.5 Å². The summed E-state index contributed by atoms with van der Waals surface area (Å²) in [4.78, 5) is 11.6. The van der Waals surface area contributed by atoms with E-state index >= 15 is 0 Å². The Morgan fingerprint density at radius 2 is 1.62 bits per heavy atom. The molecule has 0 amide bonds. The Balaban J connectivity index is 2.37. The number of benzene rings is 3. The third-order valence-electron chi connectivity index (χ3n) is 3.69. The average molecular weight is 276 g/mol. The van der Waals surface area contributed by atoms with Crippen molar-refractivity contribution in [3.63, 3.8) is 0 Å². The quantitative estimate of drug-likeness (QED) is 0.551. The third-order valence-corrected chi connectivity index (χ3v) is 3.69. The summed E-state index contributed by atoms with van der Waals surface area (Å²) in [6.07, 6.45) is 0. The summed E-state index contributed by atoms with van der Waals surface area (Å²) in [5.41, 5.74) is 15.9. The smallest absolute Gasteiger partial charge is 0.159 e. The number of hydrogen-bond acceptors (Lipinski definition) is 3. The van der Waals surface area contributed by atoms with Crippen molar-refractivity contribution in [2.45, 2.75) is 6.92 Å². The zero-order valence-electron chi connectivity index (χ0n) is 11.8. The van der Waals surface area contributed by atoms with Crippen LogP contribution < -0.4 is 11.5 Å². The van der Waals surface area contributed by atoms with E-state index in [1.165, 1.54) is 0 Å². The Bertz CT molecular complexity index is 853. The lowest BCUT2D eigenvalue weighted by molar-refractivity contribution is 0.101. The van der Waals surface area contributed by atoms with Gasteiger partial charge in [0.25, 0.3) is 0 Å². The van der Waals surface area contributed by atoms with Gasteiger partial charge in [-0.15, -0.1) is 0 Å². The molecule has 3 aromatic carbocycles. The highest BCUT2D eigenvalue weighted by Crippen LogP contribution is 2.37. The molecule has 0 aliphatic rings. The van der Waals surface area contributed by atoms with Crippen LogP contribution in [0, 0.1) is 0 Å². The summed E-state index contributed by atoms with van der Waals surface area (Å²) >= 11 is 0. The largest absolute Gasteiger partial charge is 0.398 e. The van der Waals surface area contributed by atoms with Gasteiger partial charge in [-0.25, -0.2) is 0 Å². The molecule has 0 radical (unpaired) electrons. The van der Waals surface area contributed by atoms with E-state index in [0.717, 1.165) is 21.9 Å². The van der Waals surface area contributed by atoms with E-state index in [-0.39, 0.29) is 5.78 Å². The van der Waals surface area contributed by atoms with Crippen molar-refractivity contribution in [1.29, 1.82) is 0 Å². The van der Waals surface area contributed by atoms with Crippen molar-refractivity contribution >= 4 is 27.9 Å². The van der Waals surface area contributed by atoms with Crippen LogP contribution in [-0.2, 0) is 0 Å². The predicted octanol–water partition coefficient (Wildman–Crippen LogP) is 3.87. The highest BCUT2D eigenvalue weighted by atomic mass is 16.1. The van der Waals surface area contributed by atoms with Crippen molar-refractivity contribution in [3.05, 3.63) is 60.2 Å². The maximum Gasteiger partial charge on any atom is 0.159 e. The fourth-order valence-electron chi connectivity index (χ4n) is 2.58. The first kappa shape index (κ1) is 13.2. The Morgan fingerprint density at radius 3 is 2.38 bits per heavy atom. The van der Waals surface area contributed by atoms with Crippen LogP contribution in [0.3, 0.4) is 0 Å². The Labute approximate surface area is 123 Å². The van der Waals surface area contributed by atoms with Crippen molar-refractivity contribution in [1.82, 2.24) is 0 Å². The number of carbonyl (C=O) groups excluding carboxylic acids is 1. The van der Waals surface area contributed by atoms with E-state index in [2.05, 4.69) is 0 Å². The van der Waals surface area contributed by atoms with Gasteiger partial charge in [-0.3, -0.25) is 4.79 Å². The van der Waals surface area contributed by atoms with Crippen LogP contribution in [-0.4, -0.2) is 5.78 Å². The molecule has 0 aromatic heterocycles. The molecule has 3 heteroatoms. The van der Waals surface area contributed by atoms with Crippen LogP contribution in [0.1, 0.15) is 17.3 Å². The minimum absolute atomic E-state index is 0.00931. The number of rotatable bonds is 2. The molecular formula is C18H16N2O. The molecule has 0 unspecified atom stereocenters. The van der Waals surface area contributed by atoms with Crippen LogP contribution >= 0.6 is 0 Å². The van der Waals surface area contributed by atoms with Crippen molar-refractivity contribution in [2.24, 2.45) is 0 Å². The number of nitrogen functional groups attached to an aromatic ring is 2. The number of nitrogens with two attached hydrogens (primary N) is 2. The molecule has 0 spiro atoms. The molecule has 0 bridgehead atoms. The topological polar surface area (TPSA) is 69.1 Å². The SMILES string of the molecule is CC(=O)c1ccc(N)c(-c2c(N)ccc3ccccc23)c1. The molecular weight excluding hydrogens is 260 g/mol. The number of anilines is 2. The lowest BCUT2D eigenvalue weighted by atomic mass is 9.93. The van der Waals surface area contributed by atoms with Crippen LogP contribution in [0.2, 0.25) is 0 Å². The van der Waals surface area contributed by atoms with Crippen LogP contribution in [0.4, 0.5) is 11.4 Å². The van der Waals surface area contributed by atoms with E-state index in [4.69, 9.17) is 11.5 Å². The Morgan fingerprint density at radius 1 is 0.905 bits per heavy atom. The molecule has 3 rings (SSSR count). The van der Waals surface area contributed by atoms with Gasteiger partial charge in [-0.05, 0) is 42.0 Å². The van der Waals surface area contributed by atoms with Gasteiger partial charge in [-0.2, -0.15) is 0 Å². The first-order valence-corrected chi connectivity index (χ1v) is 6.76. The van der Waals surface area contributed by atoms with Crippen molar-refractivity contribution < 1.29 is 4.79 Å². The van der Waals surface area contributed by atoms with E-state index < -0.39 is 0 Å². The highest BCUT2D eigenvalue weighted by Gasteiger charge is 2.12. The third kappa shape index (κ3) is 2.23. The first-order chi connectivity index (χ1) is 10.1. The number of carbonyl (C=O) groups is 1. The van der Waals surface area contributed by atoms with Gasteiger partial charge in [0.1, 0.15) is 0 Å². The molecule has 104 valence electrons. The number of fused-ring (bicyclic) bond motifs is 1. The average Bonchev–Trinajstić information content (AvgIpc) is 2.48. The monoisotopic (exact) mass is 276 g/mol. The number of hydrogen-bond donors (Lipinski definition) is 2. The molecule has 3 aromatic rings. The Kier molecular flexibility index (Phi) is 3.10. The summed E-state index contributed by atoms with van der Waals surface area (Å²) in [6, 6.07) is 17.2. The molecule has 0 heterocycles. The van der Waals surface area contributed by atoms with Gasteiger partial charge >= 0.3 is 0 Å². The lowest BCUT2D eigenvalue weighted by Gasteiger charge is -2.13. The molecule has 0 atom stereocenters. The molecule has 0 aliphatic carbocycles. The van der Waals surface area contributed by atoms with Crippen molar-refractivity contribution in [3.8, 4) is 11.1 Å². The molecule has 0 fully saturated rings. The second-order valence-electron chi connectivity index (χ2n) is 5.11. The maximum atomic E-state index is 11.6. The number of ketones is 1. The molecule has 0 aliphatic heterocycles. The second kappa shape index (κ2) is 4.94. The van der Waals surface area contributed by atoms with Gasteiger partial charge in [0.15, 0.2) is 5.78 Å². The molecule has 0 saturated carbocycles. The van der Waals surface area contributed by atoms with Gasteiger partial charge in [-0.1, -0.05) is 30.3 Å². The molecule has 4 N–H and O–H groups in total. The summed E-state index contributed by atoms with van der Waals surface area (Å²) in [5, 5.41) is 2.12. The van der Waals surface area contributed by atoms with E-state index in [0.29, 0.717) is 16.9 Å². The normalized spacial score (nSPS) is 10.7. The minimum Gasteiger partial charge on any atom is -0.398 e. The van der Waals surface area contributed by atoms with Crippen LogP contribution in [0.25, 0.3) is 21.9 Å². The lowest BCUT2D eigenvalue weighted by Crippen LogP contribution is -1.99. The maximum absolute atomic E-state index is 11.6. The predicted molar refractivity (Wildman–Crippen MR) is 88.2 cm³/mol. The fraction of sp³-hybridized carbons (Fsp3) is 0.0556. The Hall–Kier alpha value is -2.81. The summed E-state index contributed by atoms with van der Waals surface area (Å²) < 4.78 is 0. The second-order valence-corrected chi connectivity index (χ2v) is 5.11. The zero-order valence-corrected chi connectivity index (χ0v) is 11.8. The standard InChI is InChI=1S/C18H16N2O/c1-11(21)13-7-8-16(19)15(10-13)18-14-5-3-2-4-12(14)6-9-17(18)20/h2-10H,19-20H2,1H3. The minimum atomic E-state index is 0.00931. The van der Waals surface area contributed by atoms with E-state index in [1.807, 2.05) is 42.5 Å². The summed E-state index contributed by atoms with van der Waals surface area (Å²) in [6.45, 7) is 1.54. The van der Waals surface area contributed by atoms with E-state index in [9.17, 15) is 4.79 Å². The van der Waals surface area contributed by atoms with Crippen LogP contribution in [0.5, 0.6) is 0 Å². The molecule has 0 saturated heterocycles. The first-order valence-electron chi connectivity index (χ1n) is 6.76. The molecule has 21 heavy (non-hydrogen) atoms. The highest BCUT2D eigenvalue weighted by molar-refractivity contribution is 6.06. The number of Topliss-reactive ketones (excluding diaryl/α,β-unsaturated/α-hetero) is 1. The van der Waals surface area contributed by atoms with E-state index in [1.54, 1.807) is 19.1 Å². The summed E-state index contributed by atoms with van der Waals surface area (Å²) in [5.74, 6) is 0.00931. The fourth-order valence-corrected chi connectivity index (χ4v) is 2.58. The van der Waals surface area contributed by atoms with Gasteiger partial charge in [0, 0.05) is 28.1 Å². The van der Waals surface area contributed by atoms with Gasteiger partial charge in [0.2, 0.25) is 0 Å². The zero-order chi connectivity index (χ0) is 15.0. The van der Waals surface area contributed by atoms with Gasteiger partial charge < -0.3 is 11.5 Å².